The van der Waals surface area contributed by atoms with Crippen LogP contribution in [0.2, 0.25) is 0 Å². The van der Waals surface area contributed by atoms with Crippen molar-refractivity contribution in [2.24, 2.45) is 0 Å². The molecule has 0 spiro atoms. The summed E-state index contributed by atoms with van der Waals surface area (Å²) in [6.45, 7) is 2.38. The van der Waals surface area contributed by atoms with Crippen molar-refractivity contribution in [1.29, 1.82) is 0 Å². The number of benzene rings is 1. The van der Waals surface area contributed by atoms with Crippen LogP contribution >= 0.6 is 9.24 Å². The summed E-state index contributed by atoms with van der Waals surface area (Å²) in [5.74, 6) is 1.07. The van der Waals surface area contributed by atoms with Gasteiger partial charge in [0.05, 0.1) is 7.11 Å². The number of hydrogen-bond donors (Lipinski definition) is 0. The van der Waals surface area contributed by atoms with E-state index in [1.807, 2.05) is 0 Å². The highest BCUT2D eigenvalue weighted by atomic mass is 31.0. The van der Waals surface area contributed by atoms with Gasteiger partial charge in [-0.2, -0.15) is 0 Å². The minimum Gasteiger partial charge on any atom is -0.496 e. The Kier molecular flexibility index (Phi) is 3.54. The number of ether oxygens (including phenoxy) is 1. The predicted molar refractivity (Wildman–Crippen MR) is 72.8 cm³/mol. The van der Waals surface area contributed by atoms with Crippen molar-refractivity contribution in [2.45, 2.75) is 44.4 Å². The molecule has 2 heteroatoms. The summed E-state index contributed by atoms with van der Waals surface area (Å²) in [6.07, 6.45) is 6.66. The highest BCUT2D eigenvalue weighted by molar-refractivity contribution is 7.27. The van der Waals surface area contributed by atoms with Gasteiger partial charge >= 0.3 is 0 Å². The third-order valence-electron chi connectivity index (χ3n) is 3.86. The summed E-state index contributed by atoms with van der Waals surface area (Å²) < 4.78 is 5.57. The van der Waals surface area contributed by atoms with Crippen LogP contribution in [-0.4, -0.2) is 7.11 Å². The zero-order valence-electron chi connectivity index (χ0n) is 10.3. The molecule has 0 aromatic heterocycles. The van der Waals surface area contributed by atoms with Crippen LogP contribution in [0.5, 0.6) is 5.75 Å². The van der Waals surface area contributed by atoms with Crippen LogP contribution < -0.4 is 10.0 Å². The van der Waals surface area contributed by atoms with E-state index in [1.165, 1.54) is 43.0 Å². The number of hydrogen-bond acceptors (Lipinski definition) is 1. The zero-order valence-corrected chi connectivity index (χ0v) is 11.4. The van der Waals surface area contributed by atoms with Crippen molar-refractivity contribution < 1.29 is 4.74 Å². The van der Waals surface area contributed by atoms with Crippen molar-refractivity contribution in [1.82, 2.24) is 0 Å². The van der Waals surface area contributed by atoms with E-state index in [2.05, 4.69) is 34.4 Å². The Morgan fingerprint density at radius 3 is 2.50 bits per heavy atom. The first-order valence-electron chi connectivity index (χ1n) is 6.10. The summed E-state index contributed by atoms with van der Waals surface area (Å²) in [6, 6.07) is 6.47. The van der Waals surface area contributed by atoms with Crippen LogP contribution in [0.3, 0.4) is 0 Å². The normalized spacial score (nSPS) is 19.4. The summed E-state index contributed by atoms with van der Waals surface area (Å²) in [5.41, 5.74) is 1.71. The van der Waals surface area contributed by atoms with E-state index in [4.69, 9.17) is 4.74 Å². The first kappa shape index (κ1) is 11.9. The molecule has 1 fully saturated rings. The van der Waals surface area contributed by atoms with Crippen LogP contribution in [0.4, 0.5) is 0 Å². The van der Waals surface area contributed by atoms with E-state index in [9.17, 15) is 0 Å². The monoisotopic (exact) mass is 236 g/mol. The van der Waals surface area contributed by atoms with E-state index < -0.39 is 0 Å². The molecule has 1 aromatic rings. The van der Waals surface area contributed by atoms with Gasteiger partial charge in [0.15, 0.2) is 0 Å². The molecular formula is C14H21OP. The molecule has 0 aliphatic heterocycles. The first-order valence-corrected chi connectivity index (χ1v) is 6.68. The minimum atomic E-state index is 0.316. The second-order valence-electron chi connectivity index (χ2n) is 5.05. The Balaban J connectivity index is 2.41. The summed E-state index contributed by atoms with van der Waals surface area (Å²) in [4.78, 5) is 0. The van der Waals surface area contributed by atoms with Crippen molar-refractivity contribution in [3.8, 4) is 5.75 Å². The van der Waals surface area contributed by atoms with Gasteiger partial charge in [0, 0.05) is 10.9 Å². The second-order valence-corrected chi connectivity index (χ2v) is 5.67. The van der Waals surface area contributed by atoms with Gasteiger partial charge in [-0.25, -0.2) is 0 Å². The quantitative estimate of drug-likeness (QED) is 0.715. The fourth-order valence-electron chi connectivity index (χ4n) is 2.86. The van der Waals surface area contributed by atoms with E-state index >= 15 is 0 Å². The third-order valence-corrected chi connectivity index (χ3v) is 4.31. The van der Waals surface area contributed by atoms with Crippen LogP contribution in [0.1, 0.15) is 44.6 Å². The first-order chi connectivity index (χ1) is 7.67. The lowest BCUT2D eigenvalue weighted by Crippen LogP contribution is -2.26. The second kappa shape index (κ2) is 4.75. The van der Waals surface area contributed by atoms with E-state index in [-0.39, 0.29) is 0 Å². The lowest BCUT2D eigenvalue weighted by atomic mass is 9.71. The average Bonchev–Trinajstić information content (AvgIpc) is 2.29. The number of rotatable bonds is 2. The van der Waals surface area contributed by atoms with E-state index in [0.29, 0.717) is 5.41 Å². The molecule has 1 atom stereocenters. The standard InChI is InChI=1S/C14H21OP/c1-14(9-4-3-5-10-14)11-7-6-8-12(16)13(11)15-2/h6-8H,3-5,9-10,16H2,1-2H3. The zero-order chi connectivity index (χ0) is 11.6. The molecule has 1 nitrogen and oxygen atoms in total. The maximum absolute atomic E-state index is 5.57. The molecule has 0 saturated heterocycles. The van der Waals surface area contributed by atoms with E-state index in [1.54, 1.807) is 7.11 Å². The lowest BCUT2D eigenvalue weighted by molar-refractivity contribution is 0.305. The molecule has 0 amide bonds. The molecule has 88 valence electrons. The Hall–Kier alpha value is -0.550. The van der Waals surface area contributed by atoms with Crippen molar-refractivity contribution in [2.75, 3.05) is 7.11 Å². The highest BCUT2D eigenvalue weighted by Crippen LogP contribution is 2.42. The number of methoxy groups -OCH3 is 1. The molecule has 0 N–H and O–H groups in total. The molecule has 0 heterocycles. The minimum absolute atomic E-state index is 0.316. The molecule has 0 bridgehead atoms. The highest BCUT2D eigenvalue weighted by Gasteiger charge is 2.31. The van der Waals surface area contributed by atoms with Crippen LogP contribution in [0.25, 0.3) is 0 Å². The van der Waals surface area contributed by atoms with Gasteiger partial charge in [0.1, 0.15) is 5.75 Å². The van der Waals surface area contributed by atoms with Gasteiger partial charge in [-0.05, 0) is 18.3 Å². The molecular weight excluding hydrogens is 215 g/mol. The van der Waals surface area contributed by atoms with Gasteiger partial charge in [-0.3, -0.25) is 0 Å². The number of para-hydroxylation sites is 1. The third kappa shape index (κ3) is 2.11. The van der Waals surface area contributed by atoms with Crippen LogP contribution in [0.15, 0.2) is 18.2 Å². The molecule has 1 aromatic carbocycles. The Morgan fingerprint density at radius 1 is 1.19 bits per heavy atom. The molecule has 2 rings (SSSR count). The SMILES string of the molecule is COc1c(P)cccc1C1(C)CCCCC1. The van der Waals surface area contributed by atoms with Crippen LogP contribution in [-0.2, 0) is 5.41 Å². The Morgan fingerprint density at radius 2 is 1.88 bits per heavy atom. The molecule has 1 aliphatic rings. The maximum atomic E-state index is 5.57. The van der Waals surface area contributed by atoms with Crippen LogP contribution in [0, 0.1) is 0 Å². The van der Waals surface area contributed by atoms with Gasteiger partial charge in [0.2, 0.25) is 0 Å². The van der Waals surface area contributed by atoms with Crippen molar-refractivity contribution in [3.63, 3.8) is 0 Å². The molecule has 1 unspecified atom stereocenters. The summed E-state index contributed by atoms with van der Waals surface area (Å²) >= 11 is 0. The molecule has 1 saturated carbocycles. The molecule has 16 heavy (non-hydrogen) atoms. The smallest absolute Gasteiger partial charge is 0.129 e. The largest absolute Gasteiger partial charge is 0.496 e. The topological polar surface area (TPSA) is 9.23 Å². The summed E-state index contributed by atoms with van der Waals surface area (Å²) in [7, 11) is 4.55. The maximum Gasteiger partial charge on any atom is 0.129 e. The van der Waals surface area contributed by atoms with E-state index in [0.717, 1.165) is 5.75 Å². The van der Waals surface area contributed by atoms with Crippen molar-refractivity contribution >= 4 is 14.5 Å². The molecule has 1 aliphatic carbocycles. The van der Waals surface area contributed by atoms with Gasteiger partial charge < -0.3 is 4.74 Å². The van der Waals surface area contributed by atoms with Gasteiger partial charge in [-0.15, -0.1) is 9.24 Å². The lowest BCUT2D eigenvalue weighted by Gasteiger charge is -2.35. The van der Waals surface area contributed by atoms with Crippen molar-refractivity contribution in [3.05, 3.63) is 23.8 Å². The Bertz CT molecular complexity index is 367. The predicted octanol–water partition coefficient (Wildman–Crippen LogP) is 3.42. The van der Waals surface area contributed by atoms with Gasteiger partial charge in [0.25, 0.3) is 0 Å². The molecule has 0 radical (unpaired) electrons. The fraction of sp³-hybridized carbons (Fsp3) is 0.571. The summed E-state index contributed by atoms with van der Waals surface area (Å²) in [5, 5.41) is 1.17. The Labute approximate surface area is 101 Å². The van der Waals surface area contributed by atoms with Gasteiger partial charge in [-0.1, -0.05) is 44.4 Å². The fourth-order valence-corrected chi connectivity index (χ4v) is 3.24. The average molecular weight is 236 g/mol.